The summed E-state index contributed by atoms with van der Waals surface area (Å²) in [7, 11) is -3.55. The number of piperidine rings is 1. The molecule has 2 saturated heterocycles. The molecule has 0 radical (unpaired) electrons. The number of primary amides is 1. The Bertz CT molecular complexity index is 678. The Hall–Kier alpha value is -1.51. The van der Waals surface area contributed by atoms with Crippen molar-refractivity contribution < 1.29 is 17.6 Å². The van der Waals surface area contributed by atoms with Crippen molar-refractivity contribution in [2.75, 3.05) is 26.2 Å². The zero-order chi connectivity index (χ0) is 16.6. The highest BCUT2D eigenvalue weighted by Crippen LogP contribution is 2.27. The lowest BCUT2D eigenvalue weighted by Gasteiger charge is -2.46. The van der Waals surface area contributed by atoms with Crippen LogP contribution in [0, 0.1) is 11.7 Å². The molecule has 3 rings (SSSR count). The van der Waals surface area contributed by atoms with E-state index in [1.54, 1.807) is 0 Å². The van der Waals surface area contributed by atoms with Gasteiger partial charge >= 0.3 is 0 Å². The van der Waals surface area contributed by atoms with E-state index in [2.05, 4.69) is 4.90 Å². The molecule has 0 atom stereocenters. The van der Waals surface area contributed by atoms with Crippen molar-refractivity contribution in [1.82, 2.24) is 9.21 Å². The van der Waals surface area contributed by atoms with Gasteiger partial charge in [-0.1, -0.05) is 0 Å². The van der Waals surface area contributed by atoms with Crippen LogP contribution in [0.1, 0.15) is 12.8 Å². The smallest absolute Gasteiger partial charge is 0.243 e. The van der Waals surface area contributed by atoms with E-state index >= 15 is 0 Å². The Labute approximate surface area is 135 Å². The van der Waals surface area contributed by atoms with Gasteiger partial charge in [-0.05, 0) is 50.2 Å². The van der Waals surface area contributed by atoms with Gasteiger partial charge in [0.2, 0.25) is 15.9 Å². The van der Waals surface area contributed by atoms with Crippen molar-refractivity contribution in [3.8, 4) is 0 Å². The lowest BCUT2D eigenvalue weighted by atomic mass is 9.94. The topological polar surface area (TPSA) is 83.7 Å². The van der Waals surface area contributed by atoms with Gasteiger partial charge in [0.25, 0.3) is 0 Å². The summed E-state index contributed by atoms with van der Waals surface area (Å²) in [4.78, 5) is 13.5. The number of hydrogen-bond donors (Lipinski definition) is 1. The molecule has 0 spiro atoms. The van der Waals surface area contributed by atoms with Crippen LogP contribution >= 0.6 is 0 Å². The second kappa shape index (κ2) is 6.18. The van der Waals surface area contributed by atoms with Gasteiger partial charge in [0, 0.05) is 25.0 Å². The fourth-order valence-electron chi connectivity index (χ4n) is 3.15. The number of hydrogen-bond acceptors (Lipinski definition) is 4. The van der Waals surface area contributed by atoms with Crippen LogP contribution in [-0.4, -0.2) is 55.8 Å². The van der Waals surface area contributed by atoms with Gasteiger partial charge in [0.05, 0.1) is 4.90 Å². The second-order valence-corrected chi connectivity index (χ2v) is 8.08. The van der Waals surface area contributed by atoms with Gasteiger partial charge in [-0.2, -0.15) is 4.31 Å². The Balaban J connectivity index is 1.57. The first-order valence-corrected chi connectivity index (χ1v) is 9.11. The van der Waals surface area contributed by atoms with Gasteiger partial charge in [0.1, 0.15) is 5.82 Å². The highest BCUT2D eigenvalue weighted by molar-refractivity contribution is 7.89. The van der Waals surface area contributed by atoms with Crippen LogP contribution in [0.15, 0.2) is 29.2 Å². The minimum Gasteiger partial charge on any atom is -0.369 e. The molecule has 126 valence electrons. The van der Waals surface area contributed by atoms with E-state index < -0.39 is 15.8 Å². The number of benzene rings is 1. The number of carbonyl (C=O) groups excluding carboxylic acids is 1. The molecule has 2 N–H and O–H groups in total. The first kappa shape index (κ1) is 16.4. The van der Waals surface area contributed by atoms with Crippen LogP contribution in [-0.2, 0) is 14.8 Å². The van der Waals surface area contributed by atoms with Crippen molar-refractivity contribution >= 4 is 15.9 Å². The summed E-state index contributed by atoms with van der Waals surface area (Å²) in [6.45, 7) is 2.40. The Morgan fingerprint density at radius 2 is 1.70 bits per heavy atom. The van der Waals surface area contributed by atoms with Crippen LogP contribution in [0.25, 0.3) is 0 Å². The molecule has 2 aliphatic rings. The second-order valence-electron chi connectivity index (χ2n) is 6.14. The minimum absolute atomic E-state index is 0.0645. The Kier molecular flexibility index (Phi) is 4.39. The number of nitrogens with two attached hydrogens (primary N) is 1. The number of halogens is 1. The van der Waals surface area contributed by atoms with Crippen molar-refractivity contribution in [3.63, 3.8) is 0 Å². The molecule has 0 bridgehead atoms. The largest absolute Gasteiger partial charge is 0.369 e. The molecule has 1 amide bonds. The third-order valence-corrected chi connectivity index (χ3v) is 6.57. The number of nitrogens with zero attached hydrogens (tertiary/aromatic N) is 2. The summed E-state index contributed by atoms with van der Waals surface area (Å²) in [5.74, 6) is -0.771. The molecule has 8 heteroatoms. The summed E-state index contributed by atoms with van der Waals surface area (Å²) in [5, 5.41) is 0. The summed E-state index contributed by atoms with van der Waals surface area (Å²) >= 11 is 0. The fourth-order valence-corrected chi connectivity index (χ4v) is 4.66. The van der Waals surface area contributed by atoms with Crippen molar-refractivity contribution in [1.29, 1.82) is 0 Å². The van der Waals surface area contributed by atoms with E-state index in [0.29, 0.717) is 13.1 Å². The zero-order valence-corrected chi connectivity index (χ0v) is 13.5. The van der Waals surface area contributed by atoms with Gasteiger partial charge < -0.3 is 5.73 Å². The molecular weight excluding hydrogens is 321 g/mol. The highest BCUT2D eigenvalue weighted by Gasteiger charge is 2.40. The van der Waals surface area contributed by atoms with E-state index in [1.165, 1.54) is 16.4 Å². The first-order chi connectivity index (χ1) is 10.9. The summed E-state index contributed by atoms with van der Waals surface area (Å²) in [6, 6.07) is 5.06. The number of sulfonamides is 1. The first-order valence-electron chi connectivity index (χ1n) is 7.67. The highest BCUT2D eigenvalue weighted by atomic mass is 32.2. The molecular formula is C15H20FN3O3S. The molecule has 6 nitrogen and oxygen atoms in total. The molecule has 2 fully saturated rings. The summed E-state index contributed by atoms with van der Waals surface area (Å²) < 4.78 is 39.2. The van der Waals surface area contributed by atoms with Crippen molar-refractivity contribution in [2.24, 2.45) is 11.7 Å². The molecule has 2 heterocycles. The van der Waals surface area contributed by atoms with Gasteiger partial charge in [-0.25, -0.2) is 12.8 Å². The van der Waals surface area contributed by atoms with E-state index in [0.717, 1.165) is 38.1 Å². The lowest BCUT2D eigenvalue weighted by molar-refractivity contribution is -0.123. The molecule has 1 aromatic rings. The Morgan fingerprint density at radius 3 is 2.22 bits per heavy atom. The average molecular weight is 341 g/mol. The predicted molar refractivity (Wildman–Crippen MR) is 82.4 cm³/mol. The van der Waals surface area contributed by atoms with Gasteiger partial charge in [-0.15, -0.1) is 0 Å². The quantitative estimate of drug-likeness (QED) is 0.859. The van der Waals surface area contributed by atoms with Crippen molar-refractivity contribution in [3.05, 3.63) is 30.1 Å². The van der Waals surface area contributed by atoms with Crippen LogP contribution in [0.2, 0.25) is 0 Å². The lowest BCUT2D eigenvalue weighted by Crippen LogP contribution is -2.62. The standard InChI is InChI=1S/C15H20FN3O3S/c16-12-1-3-14(4-2-12)23(21,22)19-9-13(10-19)18-7-5-11(6-8-18)15(17)20/h1-4,11,13H,5-10H2,(H2,17,20). The molecule has 0 saturated carbocycles. The van der Waals surface area contributed by atoms with E-state index in [9.17, 15) is 17.6 Å². The van der Waals surface area contributed by atoms with E-state index in [-0.39, 0.29) is 22.8 Å². The molecule has 0 aliphatic carbocycles. The predicted octanol–water partition coefficient (Wildman–Crippen LogP) is 0.396. The number of rotatable bonds is 4. The van der Waals surface area contributed by atoms with E-state index in [4.69, 9.17) is 5.73 Å². The van der Waals surface area contributed by atoms with Crippen LogP contribution in [0.4, 0.5) is 4.39 Å². The molecule has 0 unspecified atom stereocenters. The third kappa shape index (κ3) is 3.24. The number of amides is 1. The fraction of sp³-hybridized carbons (Fsp3) is 0.533. The number of likely N-dealkylation sites (tertiary alicyclic amines) is 1. The monoisotopic (exact) mass is 341 g/mol. The SMILES string of the molecule is NC(=O)C1CCN(C2CN(S(=O)(=O)c3ccc(F)cc3)C2)CC1. The summed E-state index contributed by atoms with van der Waals surface area (Å²) in [5.41, 5.74) is 5.32. The average Bonchev–Trinajstić information content (AvgIpc) is 2.46. The third-order valence-electron chi connectivity index (χ3n) is 4.73. The van der Waals surface area contributed by atoms with Gasteiger partial charge in [0.15, 0.2) is 0 Å². The minimum atomic E-state index is -3.55. The molecule has 1 aromatic carbocycles. The maximum atomic E-state index is 12.9. The van der Waals surface area contributed by atoms with Gasteiger partial charge in [-0.3, -0.25) is 9.69 Å². The van der Waals surface area contributed by atoms with Crippen LogP contribution < -0.4 is 5.73 Å². The molecule has 0 aromatic heterocycles. The van der Waals surface area contributed by atoms with E-state index in [1.807, 2.05) is 0 Å². The molecule has 2 aliphatic heterocycles. The van der Waals surface area contributed by atoms with Crippen LogP contribution in [0.5, 0.6) is 0 Å². The molecule has 23 heavy (non-hydrogen) atoms. The van der Waals surface area contributed by atoms with Crippen molar-refractivity contribution in [2.45, 2.75) is 23.8 Å². The van der Waals surface area contributed by atoms with Crippen LogP contribution in [0.3, 0.4) is 0 Å². The Morgan fingerprint density at radius 1 is 1.13 bits per heavy atom. The zero-order valence-electron chi connectivity index (χ0n) is 12.7. The normalized spacial score (nSPS) is 22.0. The maximum Gasteiger partial charge on any atom is 0.243 e. The number of carbonyl (C=O) groups is 1. The maximum absolute atomic E-state index is 12.9. The summed E-state index contributed by atoms with van der Waals surface area (Å²) in [6.07, 6.45) is 1.47.